The van der Waals surface area contributed by atoms with Crippen LogP contribution in [0, 0.1) is 11.3 Å². The molecule has 0 radical (unpaired) electrons. The lowest BCUT2D eigenvalue weighted by molar-refractivity contribution is -0.145. The fourth-order valence-electron chi connectivity index (χ4n) is 3.97. The summed E-state index contributed by atoms with van der Waals surface area (Å²) in [6.07, 6.45) is 3.16. The van der Waals surface area contributed by atoms with Gasteiger partial charge in [0.15, 0.2) is 0 Å². The Bertz CT molecular complexity index is 686. The molecule has 1 aromatic rings. The highest BCUT2D eigenvalue weighted by Gasteiger charge is 2.40. The molecule has 1 aliphatic carbocycles. The molecule has 142 valence electrons. The van der Waals surface area contributed by atoms with Crippen LogP contribution in [0.5, 0.6) is 0 Å². The van der Waals surface area contributed by atoms with Gasteiger partial charge in [-0.15, -0.1) is 0 Å². The topological polar surface area (TPSA) is 78.9 Å². The predicted molar refractivity (Wildman–Crippen MR) is 97.0 cm³/mol. The van der Waals surface area contributed by atoms with Crippen molar-refractivity contribution in [1.29, 1.82) is 0 Å². The van der Waals surface area contributed by atoms with E-state index < -0.39 is 11.3 Å². The number of aryl methyl sites for hydroxylation is 1. The molecule has 3 rings (SSSR count). The van der Waals surface area contributed by atoms with E-state index in [1.54, 1.807) is 11.5 Å². The minimum absolute atomic E-state index is 0.231. The van der Waals surface area contributed by atoms with Crippen LogP contribution in [-0.2, 0) is 22.4 Å². The fraction of sp³-hybridized carbons (Fsp3) is 0.600. The van der Waals surface area contributed by atoms with E-state index in [1.165, 1.54) is 0 Å². The van der Waals surface area contributed by atoms with Crippen LogP contribution in [0.3, 0.4) is 0 Å². The van der Waals surface area contributed by atoms with Crippen LogP contribution in [0.25, 0.3) is 0 Å². The number of nitrogens with one attached hydrogen (secondary N) is 1. The van der Waals surface area contributed by atoms with Crippen molar-refractivity contribution in [2.75, 3.05) is 26.3 Å². The van der Waals surface area contributed by atoms with E-state index in [1.807, 2.05) is 17.0 Å². The number of rotatable bonds is 6. The van der Waals surface area contributed by atoms with Gasteiger partial charge in [-0.2, -0.15) is 0 Å². The Kier molecular flexibility index (Phi) is 5.63. The highest BCUT2D eigenvalue weighted by molar-refractivity contribution is 5.93. The highest BCUT2D eigenvalue weighted by atomic mass is 16.5. The van der Waals surface area contributed by atoms with Crippen molar-refractivity contribution in [1.82, 2.24) is 10.4 Å². The van der Waals surface area contributed by atoms with Crippen LogP contribution in [0.15, 0.2) is 18.2 Å². The summed E-state index contributed by atoms with van der Waals surface area (Å²) >= 11 is 0. The molecule has 1 atom stereocenters. The molecule has 0 spiro atoms. The minimum Gasteiger partial charge on any atom is -0.381 e. The summed E-state index contributed by atoms with van der Waals surface area (Å²) in [6.45, 7) is 7.24. The van der Waals surface area contributed by atoms with Crippen LogP contribution in [0.4, 0.5) is 0 Å². The zero-order chi connectivity index (χ0) is 18.7. The molecule has 1 unspecified atom stereocenters. The SMILES string of the molecule is CCCN(CC1COC1)C(=O)C1(C)CCc2cc(C(=O)NO)ccc2C1. The van der Waals surface area contributed by atoms with Crippen molar-refractivity contribution in [3.05, 3.63) is 34.9 Å². The van der Waals surface area contributed by atoms with Gasteiger partial charge in [0.25, 0.3) is 5.91 Å². The lowest BCUT2D eigenvalue weighted by atomic mass is 9.71. The molecule has 6 nitrogen and oxygen atoms in total. The predicted octanol–water partition coefficient (Wildman–Crippen LogP) is 2.19. The van der Waals surface area contributed by atoms with Crippen LogP contribution in [-0.4, -0.2) is 48.2 Å². The monoisotopic (exact) mass is 360 g/mol. The van der Waals surface area contributed by atoms with E-state index in [2.05, 4.69) is 13.8 Å². The lowest BCUT2D eigenvalue weighted by Crippen LogP contribution is -2.49. The number of carbonyl (C=O) groups excluding carboxylic acids is 2. The van der Waals surface area contributed by atoms with Crippen molar-refractivity contribution in [2.24, 2.45) is 11.3 Å². The zero-order valence-electron chi connectivity index (χ0n) is 15.6. The van der Waals surface area contributed by atoms with E-state index >= 15 is 0 Å². The van der Waals surface area contributed by atoms with E-state index in [-0.39, 0.29) is 5.91 Å². The van der Waals surface area contributed by atoms with Gasteiger partial charge >= 0.3 is 0 Å². The number of ether oxygens (including phenoxy) is 1. The molecule has 0 saturated carbocycles. The van der Waals surface area contributed by atoms with Gasteiger partial charge < -0.3 is 9.64 Å². The minimum atomic E-state index is -0.506. The molecular weight excluding hydrogens is 332 g/mol. The first kappa shape index (κ1) is 18.9. The number of hydrogen-bond acceptors (Lipinski definition) is 4. The summed E-state index contributed by atoms with van der Waals surface area (Å²) in [4.78, 5) is 26.9. The summed E-state index contributed by atoms with van der Waals surface area (Å²) in [5.41, 5.74) is 3.91. The summed E-state index contributed by atoms with van der Waals surface area (Å²) in [5.74, 6) is 0.188. The van der Waals surface area contributed by atoms with Crippen LogP contribution >= 0.6 is 0 Å². The molecule has 1 aliphatic heterocycles. The first-order chi connectivity index (χ1) is 12.5. The molecular formula is C20H28N2O4. The second kappa shape index (κ2) is 7.76. The Morgan fingerprint density at radius 2 is 2.12 bits per heavy atom. The van der Waals surface area contributed by atoms with Gasteiger partial charge in [-0.25, -0.2) is 5.48 Å². The quantitative estimate of drug-likeness (QED) is 0.602. The molecule has 0 bridgehead atoms. The van der Waals surface area contributed by atoms with Gasteiger partial charge in [-0.3, -0.25) is 14.8 Å². The molecule has 1 aromatic carbocycles. The number of amides is 2. The zero-order valence-corrected chi connectivity index (χ0v) is 15.6. The molecule has 26 heavy (non-hydrogen) atoms. The molecule has 2 amide bonds. The van der Waals surface area contributed by atoms with Gasteiger partial charge in [-0.1, -0.05) is 19.9 Å². The van der Waals surface area contributed by atoms with Crippen molar-refractivity contribution < 1.29 is 19.5 Å². The van der Waals surface area contributed by atoms with Gasteiger partial charge in [0.1, 0.15) is 0 Å². The average Bonchev–Trinajstić information content (AvgIpc) is 2.61. The summed E-state index contributed by atoms with van der Waals surface area (Å²) in [5, 5.41) is 8.80. The smallest absolute Gasteiger partial charge is 0.274 e. The van der Waals surface area contributed by atoms with Gasteiger partial charge in [0, 0.05) is 24.6 Å². The molecule has 0 aromatic heterocycles. The maximum absolute atomic E-state index is 13.3. The van der Waals surface area contributed by atoms with Crippen molar-refractivity contribution in [3.63, 3.8) is 0 Å². The van der Waals surface area contributed by atoms with Crippen LogP contribution in [0.2, 0.25) is 0 Å². The van der Waals surface area contributed by atoms with Gasteiger partial charge in [0.2, 0.25) is 5.91 Å². The van der Waals surface area contributed by atoms with E-state index in [0.29, 0.717) is 17.9 Å². The molecule has 6 heteroatoms. The Morgan fingerprint density at radius 3 is 2.73 bits per heavy atom. The standard InChI is InChI=1S/C20H28N2O4/c1-3-8-22(11-14-12-26-13-14)19(24)20(2)7-6-15-9-16(18(23)21-25)4-5-17(15)10-20/h4-5,9,14,25H,3,6-8,10-13H2,1-2H3,(H,21,23). The number of fused-ring (bicyclic) bond motifs is 1. The summed E-state index contributed by atoms with van der Waals surface area (Å²) in [6, 6.07) is 5.44. The Balaban J connectivity index is 1.75. The second-order valence-electron chi connectivity index (χ2n) is 7.82. The third-order valence-corrected chi connectivity index (χ3v) is 5.58. The first-order valence-corrected chi connectivity index (χ1v) is 9.40. The van der Waals surface area contributed by atoms with E-state index in [9.17, 15) is 9.59 Å². The largest absolute Gasteiger partial charge is 0.381 e. The maximum Gasteiger partial charge on any atom is 0.274 e. The number of hydrogen-bond donors (Lipinski definition) is 2. The Morgan fingerprint density at radius 1 is 1.35 bits per heavy atom. The summed E-state index contributed by atoms with van der Waals surface area (Å²) in [7, 11) is 0. The third kappa shape index (κ3) is 3.76. The van der Waals surface area contributed by atoms with Crippen molar-refractivity contribution in [2.45, 2.75) is 39.5 Å². The molecule has 1 heterocycles. The fourth-order valence-corrected chi connectivity index (χ4v) is 3.97. The Hall–Kier alpha value is -1.92. The number of hydroxylamine groups is 1. The highest BCUT2D eigenvalue weighted by Crippen LogP contribution is 2.37. The average molecular weight is 360 g/mol. The molecule has 2 aliphatic rings. The van der Waals surface area contributed by atoms with Crippen LogP contribution in [0.1, 0.15) is 48.2 Å². The first-order valence-electron chi connectivity index (χ1n) is 9.40. The summed E-state index contributed by atoms with van der Waals surface area (Å²) < 4.78 is 5.26. The van der Waals surface area contributed by atoms with Gasteiger partial charge in [0.05, 0.1) is 18.6 Å². The molecule has 2 N–H and O–H groups in total. The van der Waals surface area contributed by atoms with E-state index in [0.717, 1.165) is 56.7 Å². The number of nitrogens with zero attached hydrogens (tertiary/aromatic N) is 1. The van der Waals surface area contributed by atoms with E-state index in [4.69, 9.17) is 9.94 Å². The number of benzene rings is 1. The van der Waals surface area contributed by atoms with Crippen LogP contribution < -0.4 is 5.48 Å². The normalized spacial score (nSPS) is 22.3. The number of carbonyl (C=O) groups is 2. The maximum atomic E-state index is 13.3. The Labute approximate surface area is 154 Å². The second-order valence-corrected chi connectivity index (χ2v) is 7.82. The van der Waals surface area contributed by atoms with Crippen molar-refractivity contribution in [3.8, 4) is 0 Å². The lowest BCUT2D eigenvalue weighted by Gasteiger charge is -2.40. The molecule has 1 saturated heterocycles. The van der Waals surface area contributed by atoms with Gasteiger partial charge in [-0.05, 0) is 48.9 Å². The molecule has 1 fully saturated rings. The third-order valence-electron chi connectivity index (χ3n) is 5.58. The van der Waals surface area contributed by atoms with Crippen molar-refractivity contribution >= 4 is 11.8 Å².